The molecule has 1 aromatic heterocycles. The first kappa shape index (κ1) is 82.1. The molecule has 25 nitrogen and oxygen atoms in total. The second kappa shape index (κ2) is 40.2. The number of methoxy groups -OCH3 is 3. The lowest BCUT2D eigenvalue weighted by Crippen LogP contribution is -2.61. The SMILES string of the molecule is CO[C@H]1C[C@@H]2CC[C@@H](C)[C@@](O)(O2)C(=O)C(=O)N2CCCC[C@H]2C(=O)O[C@H]([C@H](C)C[C@@H]2CC[C@@H](OC(=O)CCc3cnc(N4CCN(C(=O)CCOCCN5CCN(C(=O)CCC(C)=O)CC5)CC4)nc3)[C@H](OC)C2)C[C@@H](O)[C@H](C)/C=C(\C)[C@@H](O)[C@@H](OC)C(=O)[C@H](C)C[C@H](C)/C=C/C=C/C=C/1C. The molecule has 564 valence electrons. The van der Waals surface area contributed by atoms with Crippen LogP contribution in [-0.2, 0) is 77.9 Å². The molecule has 6 aliphatic rings. The van der Waals surface area contributed by atoms with Crippen LogP contribution >= 0.6 is 0 Å². The van der Waals surface area contributed by atoms with E-state index in [4.69, 9.17) is 33.2 Å². The largest absolute Gasteiger partial charge is 0.460 e. The lowest BCUT2D eigenvalue weighted by Gasteiger charge is -2.43. The van der Waals surface area contributed by atoms with Crippen LogP contribution in [0.5, 0.6) is 0 Å². The van der Waals surface area contributed by atoms with Crippen LogP contribution in [0.3, 0.4) is 0 Å². The van der Waals surface area contributed by atoms with Crippen LogP contribution < -0.4 is 4.90 Å². The number of aliphatic hydroxyl groups is 3. The maximum atomic E-state index is 14.8. The fraction of sp³-hybridized carbons (Fsp3) is 0.737. The summed E-state index contributed by atoms with van der Waals surface area (Å²) >= 11 is 0. The number of esters is 2. The van der Waals surface area contributed by atoms with Crippen LogP contribution in [0.25, 0.3) is 0 Å². The summed E-state index contributed by atoms with van der Waals surface area (Å²) in [5.41, 5.74) is 2.04. The van der Waals surface area contributed by atoms with Crippen LogP contribution in [0.4, 0.5) is 5.95 Å². The van der Waals surface area contributed by atoms with Crippen molar-refractivity contribution in [1.82, 2.24) is 29.6 Å². The predicted octanol–water partition coefficient (Wildman–Crippen LogP) is 6.51. The van der Waals surface area contributed by atoms with Crippen LogP contribution in [0.1, 0.15) is 164 Å². The van der Waals surface area contributed by atoms with Crippen molar-refractivity contribution in [2.24, 2.45) is 35.5 Å². The van der Waals surface area contributed by atoms with Gasteiger partial charge in [0.1, 0.15) is 36.2 Å². The number of aliphatic hydroxyl groups excluding tert-OH is 2. The lowest BCUT2D eigenvalue weighted by atomic mass is 9.78. The first-order valence-corrected chi connectivity index (χ1v) is 37.0. The van der Waals surface area contributed by atoms with Crippen molar-refractivity contribution in [3.63, 3.8) is 0 Å². The molecule has 101 heavy (non-hydrogen) atoms. The highest BCUT2D eigenvalue weighted by molar-refractivity contribution is 6.39. The average Bonchev–Trinajstić information content (AvgIpc) is 0.764. The molecule has 0 spiro atoms. The number of fused-ring (bicyclic) bond motifs is 3. The second-order valence-corrected chi connectivity index (χ2v) is 29.3. The number of Topliss-reactive ketones (excluding diaryl/α,β-unsaturated/α-hetero) is 3. The highest BCUT2D eigenvalue weighted by atomic mass is 16.6. The predicted molar refractivity (Wildman–Crippen MR) is 378 cm³/mol. The van der Waals surface area contributed by atoms with Crippen LogP contribution in [-0.4, -0.2) is 253 Å². The smallest absolute Gasteiger partial charge is 0.329 e. The Hall–Kier alpha value is -6.16. The van der Waals surface area contributed by atoms with E-state index >= 15 is 0 Å². The van der Waals surface area contributed by atoms with Crippen molar-refractivity contribution in [2.75, 3.05) is 105 Å². The number of ketones is 3. The van der Waals surface area contributed by atoms with E-state index in [-0.39, 0.29) is 86.2 Å². The van der Waals surface area contributed by atoms with Gasteiger partial charge >= 0.3 is 11.9 Å². The van der Waals surface area contributed by atoms with Gasteiger partial charge in [0.2, 0.25) is 23.5 Å². The number of allylic oxidation sites excluding steroid dienone is 5. The minimum atomic E-state index is -2.47. The van der Waals surface area contributed by atoms with Crippen molar-refractivity contribution in [3.8, 4) is 0 Å². The number of aryl methyl sites for hydroxylation is 1. The third-order valence-corrected chi connectivity index (χ3v) is 21.6. The molecule has 4 saturated heterocycles. The minimum absolute atomic E-state index is 0.00440. The monoisotopic (exact) mass is 1420 g/mol. The van der Waals surface area contributed by atoms with Gasteiger partial charge in [-0.2, -0.15) is 0 Å². The quantitative estimate of drug-likeness (QED) is 0.0542. The Morgan fingerprint density at radius 1 is 0.723 bits per heavy atom. The number of rotatable bonds is 20. The Labute approximate surface area is 598 Å². The lowest BCUT2D eigenvalue weighted by molar-refractivity contribution is -0.265. The Kier molecular flexibility index (Phi) is 32.7. The summed E-state index contributed by atoms with van der Waals surface area (Å²) in [6, 6.07) is -1.18. The summed E-state index contributed by atoms with van der Waals surface area (Å²) in [5, 5.41) is 35.9. The number of amides is 3. The Balaban J connectivity index is 0.938. The normalized spacial score (nSPS) is 32.9. The maximum Gasteiger partial charge on any atom is 0.329 e. The molecular formula is C76H117N7O18. The summed E-state index contributed by atoms with van der Waals surface area (Å²) < 4.78 is 42.1. The Bertz CT molecular complexity index is 3020. The molecule has 3 amide bonds. The van der Waals surface area contributed by atoms with E-state index in [9.17, 15) is 53.7 Å². The summed E-state index contributed by atoms with van der Waals surface area (Å²) in [7, 11) is 4.54. The molecule has 0 unspecified atom stereocenters. The zero-order valence-corrected chi connectivity index (χ0v) is 61.9. The number of hydrogen-bond donors (Lipinski definition) is 3. The van der Waals surface area contributed by atoms with Gasteiger partial charge in [-0.25, -0.2) is 14.8 Å². The van der Waals surface area contributed by atoms with Gasteiger partial charge < -0.3 is 72.9 Å². The first-order chi connectivity index (χ1) is 48.2. The number of hydrogen-bond acceptors (Lipinski definition) is 22. The van der Waals surface area contributed by atoms with E-state index in [0.717, 1.165) is 24.2 Å². The topological polar surface area (TPSA) is 304 Å². The molecule has 7 rings (SSSR count). The number of cyclic esters (lactones) is 1. The number of nitrogens with zero attached hydrogens (tertiary/aromatic N) is 7. The van der Waals surface area contributed by atoms with Gasteiger partial charge in [0.25, 0.3) is 11.7 Å². The molecule has 5 fully saturated rings. The number of anilines is 1. The molecule has 1 aliphatic carbocycles. The van der Waals surface area contributed by atoms with Crippen molar-refractivity contribution < 1.29 is 86.8 Å². The highest BCUT2D eigenvalue weighted by Gasteiger charge is 2.53. The fourth-order valence-electron chi connectivity index (χ4n) is 14.9. The van der Waals surface area contributed by atoms with Gasteiger partial charge in [-0.3, -0.25) is 33.7 Å². The van der Waals surface area contributed by atoms with Gasteiger partial charge in [0, 0.05) is 149 Å². The van der Waals surface area contributed by atoms with E-state index < -0.39 is 102 Å². The summed E-state index contributed by atoms with van der Waals surface area (Å²) in [4.78, 5) is 126. The fourth-order valence-corrected chi connectivity index (χ4v) is 14.9. The number of piperidine rings is 1. The van der Waals surface area contributed by atoms with E-state index in [0.29, 0.717) is 141 Å². The van der Waals surface area contributed by atoms with E-state index in [1.54, 1.807) is 53.5 Å². The number of ether oxygens (including phenoxy) is 7. The third-order valence-electron chi connectivity index (χ3n) is 21.6. The zero-order valence-electron chi connectivity index (χ0n) is 61.9. The van der Waals surface area contributed by atoms with Crippen molar-refractivity contribution >= 4 is 53.0 Å². The molecule has 0 radical (unpaired) electrons. The summed E-state index contributed by atoms with van der Waals surface area (Å²) in [6.45, 7) is 20.8. The molecule has 6 heterocycles. The minimum Gasteiger partial charge on any atom is -0.460 e. The molecular weight excluding hydrogens is 1300 g/mol. The van der Waals surface area contributed by atoms with Gasteiger partial charge in [0.15, 0.2) is 5.78 Å². The Morgan fingerprint density at radius 2 is 1.42 bits per heavy atom. The van der Waals surface area contributed by atoms with Crippen LogP contribution in [0.2, 0.25) is 0 Å². The van der Waals surface area contributed by atoms with E-state index in [1.165, 1.54) is 18.9 Å². The first-order valence-electron chi connectivity index (χ1n) is 37.0. The number of carbonyl (C=O) groups is 8. The van der Waals surface area contributed by atoms with E-state index in [1.807, 2.05) is 72.8 Å². The van der Waals surface area contributed by atoms with Gasteiger partial charge in [0.05, 0.1) is 44.1 Å². The van der Waals surface area contributed by atoms with Gasteiger partial charge in [-0.1, -0.05) is 71.1 Å². The second-order valence-electron chi connectivity index (χ2n) is 29.3. The van der Waals surface area contributed by atoms with Crippen LogP contribution in [0, 0.1) is 35.5 Å². The van der Waals surface area contributed by atoms with Gasteiger partial charge in [-0.15, -0.1) is 0 Å². The molecule has 25 heteroatoms. The maximum absolute atomic E-state index is 14.8. The van der Waals surface area contributed by atoms with E-state index in [2.05, 4.69) is 14.9 Å². The number of carbonyl (C=O) groups excluding carboxylic acids is 8. The summed E-state index contributed by atoms with van der Waals surface area (Å²) in [6.07, 6.45) is 14.4. The van der Waals surface area contributed by atoms with Gasteiger partial charge in [-0.05, 0) is 126 Å². The molecule has 3 N–H and O–H groups in total. The van der Waals surface area contributed by atoms with Crippen molar-refractivity contribution in [1.29, 1.82) is 0 Å². The molecule has 1 aromatic rings. The average molecular weight is 1420 g/mol. The number of piperazine rings is 2. The molecule has 5 aliphatic heterocycles. The molecule has 16 atom stereocenters. The third kappa shape index (κ3) is 23.9. The van der Waals surface area contributed by atoms with Crippen molar-refractivity contribution in [3.05, 3.63) is 65.6 Å². The number of aromatic nitrogens is 2. The molecule has 2 bridgehead atoms. The molecule has 1 saturated carbocycles. The summed E-state index contributed by atoms with van der Waals surface area (Å²) in [5.74, 6) is -7.67. The molecule has 0 aromatic carbocycles. The standard InChI is InChI=1S/C76H117N7O18/c1-49-17-13-12-14-18-50(2)63(95-9)45-59-24-20-55(7)76(94,101-59)72(91)73(92)83-29-16-15-19-60(83)74(93)100-64(46-61(85)51(3)42-54(6)70(90)71(97-11)69(89)53(5)41-49)52(4)43-57-22-25-62(65(44-57)96-10)99-68(88)27-23-58-47-77-75(78-48-58)82-36-34-81(35-37-82)67(87)28-39-98-40-38-79-30-32-80(33-31-79)66(86)26-21-56(8)84/h12-14,17-18,42,47-49,51-53,55,57,59-65,70-71,85,90,94H,15-16,19-41,43-46H2,1-11H3/b14-12+,17-13+,50-18+,54-42+/t49-,51-,52-,53-,55-,57+,59+,60+,61-,62-,63+,64+,65-,70-,71+,76-/m1/s1. The highest BCUT2D eigenvalue weighted by Crippen LogP contribution is 2.39. The van der Waals surface area contributed by atoms with Crippen molar-refractivity contribution in [2.45, 2.75) is 225 Å². The Morgan fingerprint density at radius 3 is 2.09 bits per heavy atom. The van der Waals surface area contributed by atoms with Crippen LogP contribution in [0.15, 0.2) is 60.0 Å². The zero-order chi connectivity index (χ0) is 73.5.